The molecule has 5 aliphatic rings. The molecule has 2 bridgehead atoms. The largest absolute Gasteiger partial charge is 0.507 e. The predicted molar refractivity (Wildman–Crippen MR) is 284 cm³/mol. The molecule has 4 aliphatic heterocycles. The fourth-order valence-electron chi connectivity index (χ4n) is 11.8. The number of para-hydroxylation sites is 1. The number of nitrogens with one attached hydrogen (secondary N) is 1. The first-order chi connectivity index (χ1) is 37.3. The zero-order chi connectivity index (χ0) is 53.3. The third kappa shape index (κ3) is 11.2. The highest BCUT2D eigenvalue weighted by Crippen LogP contribution is 2.41. The number of β-amino-alcohol motifs (C(OH)–C–C–N with tert-alkyl or cyclic N) is 1. The van der Waals surface area contributed by atoms with E-state index in [1.807, 2.05) is 64.2 Å². The Morgan fingerprint density at radius 2 is 1.66 bits per heavy atom. The molecular formula is C56H68N12O9. The number of anilines is 3. The van der Waals surface area contributed by atoms with Crippen molar-refractivity contribution < 1.29 is 43.0 Å². The first kappa shape index (κ1) is 51.7. The zero-order valence-corrected chi connectivity index (χ0v) is 44.0. The Hall–Kier alpha value is -7.36. The number of rotatable bonds is 18. The fourth-order valence-corrected chi connectivity index (χ4v) is 11.8. The monoisotopic (exact) mass is 1050 g/mol. The minimum atomic E-state index is -0.867. The number of ether oxygens (including phenoxy) is 3. The highest BCUT2D eigenvalue weighted by molar-refractivity contribution is 5.91. The maximum Gasteiger partial charge on any atom is 0.254 e. The number of carbonyl (C=O) groups is 2. The van der Waals surface area contributed by atoms with Gasteiger partial charge in [0.2, 0.25) is 17.7 Å². The number of aromatic nitrogens is 6. The number of fused-ring (bicyclic) bond motifs is 2. The van der Waals surface area contributed by atoms with Gasteiger partial charge in [-0.25, -0.2) is 9.97 Å². The average Bonchev–Trinajstić information content (AvgIpc) is 4.22. The SMILES string of the molecule is Cc1ncoc1-c1ccc([C@H](C)NC(=O)[C@@H]2C[C@@H](O)CN2C(=O)[C@@H](c2cc(OCCN3CCC(OC4CC(Oc5cc(N6C7CCC6CN(c6cc(-c8ccccc8O)nnc6N)C7)ccn5)C4)CC3)no2)C(C)C)cn1. The number of carbonyl (C=O) groups excluding carboxylic acids is 2. The summed E-state index contributed by atoms with van der Waals surface area (Å²) in [6.45, 7) is 12.0. The Labute approximate surface area is 447 Å². The lowest BCUT2D eigenvalue weighted by Crippen LogP contribution is -2.54. The topological polar surface area (TPSA) is 257 Å². The summed E-state index contributed by atoms with van der Waals surface area (Å²) in [4.78, 5) is 49.8. The van der Waals surface area contributed by atoms with Gasteiger partial charge in [0.25, 0.3) is 5.88 Å². The molecule has 1 aliphatic carbocycles. The summed E-state index contributed by atoms with van der Waals surface area (Å²) in [5.41, 5.74) is 11.7. The number of benzene rings is 1. The van der Waals surface area contributed by atoms with Crippen molar-refractivity contribution in [3.8, 4) is 40.2 Å². The van der Waals surface area contributed by atoms with Gasteiger partial charge in [-0.15, -0.1) is 10.2 Å². The number of pyridine rings is 2. The zero-order valence-electron chi connectivity index (χ0n) is 44.0. The lowest BCUT2D eigenvalue weighted by atomic mass is 9.91. The second-order valence-corrected chi connectivity index (χ2v) is 21.6. The average molecular weight is 1050 g/mol. The molecule has 2 unspecified atom stereocenters. The van der Waals surface area contributed by atoms with E-state index in [-0.39, 0.29) is 66.8 Å². The molecule has 5 N–H and O–H groups in total. The van der Waals surface area contributed by atoms with Crippen LogP contribution in [0.15, 0.2) is 88.4 Å². The Bertz CT molecular complexity index is 3000. The first-order valence-electron chi connectivity index (χ1n) is 27.0. The molecule has 11 rings (SSSR count). The van der Waals surface area contributed by atoms with Gasteiger partial charge in [0.15, 0.2) is 23.7 Å². The predicted octanol–water partition coefficient (Wildman–Crippen LogP) is 6.08. The molecule has 406 valence electrons. The molecule has 21 nitrogen and oxygen atoms in total. The van der Waals surface area contributed by atoms with Gasteiger partial charge < -0.3 is 59.1 Å². The Morgan fingerprint density at radius 1 is 0.870 bits per heavy atom. The number of nitrogens with zero attached hydrogens (tertiary/aromatic N) is 10. The molecular weight excluding hydrogens is 985 g/mol. The molecule has 9 heterocycles. The second kappa shape index (κ2) is 22.3. The van der Waals surface area contributed by atoms with E-state index in [4.69, 9.17) is 28.9 Å². The number of aromatic hydroxyl groups is 1. The van der Waals surface area contributed by atoms with Crippen LogP contribution in [0.3, 0.4) is 0 Å². The van der Waals surface area contributed by atoms with Crippen molar-refractivity contribution in [1.29, 1.82) is 0 Å². The van der Waals surface area contributed by atoms with Crippen LogP contribution in [0.2, 0.25) is 0 Å². The summed E-state index contributed by atoms with van der Waals surface area (Å²) >= 11 is 0. The third-order valence-electron chi connectivity index (χ3n) is 16.0. The Balaban J connectivity index is 0.601. The molecule has 2 amide bonds. The number of oxazole rings is 1. The summed E-state index contributed by atoms with van der Waals surface area (Å²) in [5.74, 6) is 0.777. The van der Waals surface area contributed by atoms with Gasteiger partial charge in [0, 0.05) is 106 Å². The normalized spacial score (nSPS) is 23.5. The molecule has 6 atom stereocenters. The molecule has 77 heavy (non-hydrogen) atoms. The van der Waals surface area contributed by atoms with Gasteiger partial charge in [-0.05, 0) is 86.5 Å². The number of nitrogens with two attached hydrogens (primary N) is 1. The Kier molecular flexibility index (Phi) is 15.0. The number of piperidine rings is 1. The summed E-state index contributed by atoms with van der Waals surface area (Å²) < 4.78 is 30.2. The van der Waals surface area contributed by atoms with Crippen LogP contribution in [-0.2, 0) is 14.3 Å². The third-order valence-corrected chi connectivity index (χ3v) is 16.0. The number of aryl methyl sites for hydroxylation is 1. The number of piperazine rings is 1. The van der Waals surface area contributed by atoms with E-state index in [2.05, 4.69) is 62.5 Å². The van der Waals surface area contributed by atoms with E-state index in [0.717, 1.165) is 87.3 Å². The molecule has 0 radical (unpaired) electrons. The number of amides is 2. The van der Waals surface area contributed by atoms with Crippen molar-refractivity contribution in [2.75, 3.05) is 61.4 Å². The van der Waals surface area contributed by atoms with Gasteiger partial charge in [0.05, 0.1) is 41.4 Å². The number of phenolic OH excluding ortho intramolecular Hbond substituents is 1. The van der Waals surface area contributed by atoms with E-state index in [1.54, 1.807) is 24.4 Å². The van der Waals surface area contributed by atoms with Crippen LogP contribution < -0.4 is 30.3 Å². The molecule has 21 heteroatoms. The number of likely N-dealkylation sites (tertiary alicyclic amines) is 2. The van der Waals surface area contributed by atoms with Crippen LogP contribution in [0.1, 0.15) is 94.7 Å². The fraction of sp³-hybridized carbons (Fsp3) is 0.500. The second-order valence-electron chi connectivity index (χ2n) is 21.6. The maximum absolute atomic E-state index is 14.2. The first-order valence-corrected chi connectivity index (χ1v) is 27.0. The van der Waals surface area contributed by atoms with Gasteiger partial charge in [0.1, 0.15) is 36.1 Å². The highest BCUT2D eigenvalue weighted by atomic mass is 16.5. The summed E-state index contributed by atoms with van der Waals surface area (Å²) in [6.07, 6.45) is 10.2. The van der Waals surface area contributed by atoms with Crippen LogP contribution >= 0.6 is 0 Å². The van der Waals surface area contributed by atoms with Crippen molar-refractivity contribution in [2.24, 2.45) is 5.92 Å². The lowest BCUT2D eigenvalue weighted by molar-refractivity contribution is -0.141. The summed E-state index contributed by atoms with van der Waals surface area (Å²) in [5, 5.41) is 36.9. The molecule has 6 aromatic rings. The van der Waals surface area contributed by atoms with Gasteiger partial charge in [-0.3, -0.25) is 19.5 Å². The van der Waals surface area contributed by atoms with Crippen LogP contribution in [0.5, 0.6) is 17.5 Å². The molecule has 4 saturated heterocycles. The number of nitrogen functional groups attached to an aromatic ring is 1. The minimum Gasteiger partial charge on any atom is -0.507 e. The maximum atomic E-state index is 14.2. The van der Waals surface area contributed by atoms with E-state index in [9.17, 15) is 19.8 Å². The standard InChI is InChI=1S/C56H68N12O9/c1-32(2)52(56(72)67-30-39(69)22-47(67)55(71)61-33(3)35-9-12-44(59-27-35)53-34(4)60-31-74-53)49-26-51(64-77-49)73-20-19-65-17-14-40(15-18-65)75-41-23-42(24-41)76-50-21-36(13-16-58-50)68-37-10-11-38(68)29-66(28-37)46-25-45(62-63-54(46)57)43-7-5-6-8-48(43)70/h5-9,12-13,16,21,25-27,31-33,37-42,47,52,69-70H,10-11,14-15,17-20,22-24,28-30H2,1-4H3,(H2,57,63)(H,61,71)/t33-,37?,38?,39+,41?,42?,47-,52+/m0/s1. The lowest BCUT2D eigenvalue weighted by Gasteiger charge is -2.43. The van der Waals surface area contributed by atoms with Crippen LogP contribution in [0, 0.1) is 12.8 Å². The molecule has 5 fully saturated rings. The van der Waals surface area contributed by atoms with E-state index >= 15 is 0 Å². The van der Waals surface area contributed by atoms with Crippen molar-refractivity contribution in [3.05, 3.63) is 96.5 Å². The number of aliphatic hydroxyl groups is 1. The highest BCUT2D eigenvalue weighted by Gasteiger charge is 2.45. The van der Waals surface area contributed by atoms with Gasteiger partial charge in [-0.2, -0.15) is 0 Å². The van der Waals surface area contributed by atoms with E-state index in [1.165, 1.54) is 11.3 Å². The minimum absolute atomic E-state index is 0.0289. The van der Waals surface area contributed by atoms with Gasteiger partial charge >= 0.3 is 0 Å². The molecule has 1 aromatic carbocycles. The molecule has 5 aromatic heterocycles. The van der Waals surface area contributed by atoms with Crippen LogP contribution in [-0.4, -0.2) is 151 Å². The summed E-state index contributed by atoms with van der Waals surface area (Å²) in [7, 11) is 0. The number of hydrogen-bond donors (Lipinski definition) is 4. The number of aliphatic hydroxyl groups excluding tert-OH is 1. The van der Waals surface area contributed by atoms with E-state index in [0.29, 0.717) is 59.2 Å². The quantitative estimate of drug-likeness (QED) is 0.0761. The molecule has 1 saturated carbocycles. The van der Waals surface area contributed by atoms with Crippen molar-refractivity contribution in [1.82, 2.24) is 45.4 Å². The van der Waals surface area contributed by atoms with Crippen LogP contribution in [0.25, 0.3) is 22.7 Å². The van der Waals surface area contributed by atoms with Crippen molar-refractivity contribution in [2.45, 2.75) is 127 Å². The summed E-state index contributed by atoms with van der Waals surface area (Å²) in [6, 6.07) is 17.8. The van der Waals surface area contributed by atoms with Crippen molar-refractivity contribution in [3.63, 3.8) is 0 Å². The smallest absolute Gasteiger partial charge is 0.254 e. The number of hydrogen-bond acceptors (Lipinski definition) is 19. The van der Waals surface area contributed by atoms with Crippen LogP contribution in [0.4, 0.5) is 17.2 Å². The molecule has 0 spiro atoms. The van der Waals surface area contributed by atoms with E-state index < -0.39 is 24.1 Å². The van der Waals surface area contributed by atoms with Gasteiger partial charge in [-0.1, -0.05) is 32.0 Å². The van der Waals surface area contributed by atoms with Crippen molar-refractivity contribution >= 4 is 29.0 Å². The number of phenols is 1. The Morgan fingerprint density at radius 3 is 2.39 bits per heavy atom.